The van der Waals surface area contributed by atoms with Gasteiger partial charge in [-0.25, -0.2) is 0 Å². The first-order valence-electron chi connectivity index (χ1n) is 5.42. The van der Waals surface area contributed by atoms with Crippen LogP contribution in [0.5, 0.6) is 0 Å². The summed E-state index contributed by atoms with van der Waals surface area (Å²) >= 11 is 2.95. The van der Waals surface area contributed by atoms with E-state index in [1.807, 2.05) is 0 Å². The molecule has 0 aliphatic heterocycles. The summed E-state index contributed by atoms with van der Waals surface area (Å²) < 4.78 is 43.4. The molecule has 106 valence electrons. The highest BCUT2D eigenvalue weighted by atomic mass is 79.9. The molecule has 0 spiro atoms. The smallest absolute Gasteiger partial charge is 0.364 e. The highest BCUT2D eigenvalue weighted by Crippen LogP contribution is 2.33. The van der Waals surface area contributed by atoms with Crippen LogP contribution in [0.4, 0.5) is 13.2 Å². The van der Waals surface area contributed by atoms with E-state index in [-0.39, 0.29) is 11.0 Å². The largest absolute Gasteiger partial charge is 0.417 e. The molecule has 0 unspecified atom stereocenters. The number of nitrogens with zero attached hydrogens (tertiary/aromatic N) is 1. The molecule has 1 aromatic heterocycles. The van der Waals surface area contributed by atoms with Crippen LogP contribution in [0.1, 0.15) is 21.6 Å². The van der Waals surface area contributed by atoms with Crippen molar-refractivity contribution in [2.75, 3.05) is 0 Å². The van der Waals surface area contributed by atoms with Gasteiger partial charge in [-0.05, 0) is 18.2 Å². The summed E-state index contributed by atoms with van der Waals surface area (Å²) in [4.78, 5) is 11.8. The van der Waals surface area contributed by atoms with Gasteiger partial charge in [0, 0.05) is 10.5 Å². The molecule has 0 bridgehead atoms. The SMILES string of the molecule is O=C(NCc1ccon1)c1ccc(Br)cc1C(F)(F)F. The van der Waals surface area contributed by atoms with Crippen LogP contribution in [0.15, 0.2) is 39.5 Å². The van der Waals surface area contributed by atoms with Crippen LogP contribution in [0.2, 0.25) is 0 Å². The third kappa shape index (κ3) is 3.38. The molecule has 0 aliphatic rings. The lowest BCUT2D eigenvalue weighted by molar-refractivity contribution is -0.138. The maximum Gasteiger partial charge on any atom is 0.417 e. The zero-order valence-electron chi connectivity index (χ0n) is 9.87. The highest BCUT2D eigenvalue weighted by Gasteiger charge is 2.35. The third-order valence-electron chi connectivity index (χ3n) is 2.45. The lowest BCUT2D eigenvalue weighted by atomic mass is 10.1. The van der Waals surface area contributed by atoms with Crippen LogP contribution in [0.3, 0.4) is 0 Å². The first-order valence-corrected chi connectivity index (χ1v) is 6.21. The van der Waals surface area contributed by atoms with E-state index in [2.05, 4.69) is 30.9 Å². The van der Waals surface area contributed by atoms with Crippen LogP contribution < -0.4 is 5.32 Å². The number of benzene rings is 1. The quantitative estimate of drug-likeness (QED) is 0.924. The van der Waals surface area contributed by atoms with Crippen molar-refractivity contribution in [1.82, 2.24) is 10.5 Å². The number of hydrogen-bond donors (Lipinski definition) is 1. The molecule has 1 N–H and O–H groups in total. The number of aromatic nitrogens is 1. The Kier molecular flexibility index (Phi) is 4.12. The number of nitrogens with one attached hydrogen (secondary N) is 1. The van der Waals surface area contributed by atoms with Gasteiger partial charge in [0.1, 0.15) is 12.0 Å². The molecule has 0 saturated heterocycles. The summed E-state index contributed by atoms with van der Waals surface area (Å²) in [5, 5.41) is 5.90. The molecule has 1 aromatic carbocycles. The van der Waals surface area contributed by atoms with E-state index in [1.165, 1.54) is 18.4 Å². The van der Waals surface area contributed by atoms with Crippen molar-refractivity contribution in [2.45, 2.75) is 12.7 Å². The van der Waals surface area contributed by atoms with Crippen molar-refractivity contribution in [1.29, 1.82) is 0 Å². The van der Waals surface area contributed by atoms with Crippen molar-refractivity contribution in [3.8, 4) is 0 Å². The summed E-state index contributed by atoms with van der Waals surface area (Å²) in [6, 6.07) is 4.86. The van der Waals surface area contributed by atoms with Gasteiger partial charge in [-0.1, -0.05) is 21.1 Å². The summed E-state index contributed by atoms with van der Waals surface area (Å²) in [7, 11) is 0. The third-order valence-corrected chi connectivity index (χ3v) is 2.95. The lowest BCUT2D eigenvalue weighted by Gasteiger charge is -2.12. The van der Waals surface area contributed by atoms with Crippen molar-refractivity contribution < 1.29 is 22.5 Å². The molecule has 2 aromatic rings. The number of amides is 1. The topological polar surface area (TPSA) is 55.1 Å². The van der Waals surface area contributed by atoms with Gasteiger partial charge in [0.25, 0.3) is 5.91 Å². The Morgan fingerprint density at radius 1 is 1.35 bits per heavy atom. The second-order valence-electron chi connectivity index (χ2n) is 3.86. The Morgan fingerprint density at radius 3 is 2.70 bits per heavy atom. The first kappa shape index (κ1) is 14.6. The number of carbonyl (C=O) groups is 1. The average Bonchev–Trinajstić information content (AvgIpc) is 2.88. The summed E-state index contributed by atoms with van der Waals surface area (Å²) in [6.45, 7) is -0.0112. The normalized spacial score (nSPS) is 11.4. The number of carbonyl (C=O) groups excluding carboxylic acids is 1. The molecule has 0 fully saturated rings. The van der Waals surface area contributed by atoms with Gasteiger partial charge >= 0.3 is 6.18 Å². The zero-order valence-corrected chi connectivity index (χ0v) is 11.5. The summed E-state index contributed by atoms with van der Waals surface area (Å²) in [5.74, 6) is -0.826. The lowest BCUT2D eigenvalue weighted by Crippen LogP contribution is -2.26. The minimum atomic E-state index is -4.61. The van der Waals surface area contributed by atoms with Gasteiger partial charge in [-0.15, -0.1) is 0 Å². The fourth-order valence-corrected chi connectivity index (χ4v) is 1.90. The Morgan fingerprint density at radius 2 is 2.10 bits per heavy atom. The zero-order chi connectivity index (χ0) is 14.8. The molecule has 4 nitrogen and oxygen atoms in total. The average molecular weight is 349 g/mol. The number of hydrogen-bond acceptors (Lipinski definition) is 3. The van der Waals surface area contributed by atoms with Crippen molar-refractivity contribution in [3.63, 3.8) is 0 Å². The first-order chi connectivity index (χ1) is 9.38. The molecule has 20 heavy (non-hydrogen) atoms. The molecule has 8 heteroatoms. The van der Waals surface area contributed by atoms with E-state index in [0.717, 1.165) is 12.1 Å². The van der Waals surface area contributed by atoms with E-state index < -0.39 is 23.2 Å². The molecule has 1 heterocycles. The molecular formula is C12H8BrF3N2O2. The molecule has 0 atom stereocenters. The van der Waals surface area contributed by atoms with Gasteiger partial charge in [-0.2, -0.15) is 13.2 Å². The summed E-state index contributed by atoms with van der Waals surface area (Å²) in [5.41, 5.74) is -1.02. The molecular weight excluding hydrogens is 341 g/mol. The monoisotopic (exact) mass is 348 g/mol. The van der Waals surface area contributed by atoms with Crippen LogP contribution >= 0.6 is 15.9 Å². The Balaban J connectivity index is 2.21. The van der Waals surface area contributed by atoms with E-state index in [9.17, 15) is 18.0 Å². The highest BCUT2D eigenvalue weighted by molar-refractivity contribution is 9.10. The summed E-state index contributed by atoms with van der Waals surface area (Å²) in [6.07, 6.45) is -3.30. The van der Waals surface area contributed by atoms with Gasteiger partial charge in [0.2, 0.25) is 0 Å². The van der Waals surface area contributed by atoms with Crippen LogP contribution in [0.25, 0.3) is 0 Å². The van der Waals surface area contributed by atoms with E-state index in [4.69, 9.17) is 0 Å². The van der Waals surface area contributed by atoms with Gasteiger partial charge in [-0.3, -0.25) is 4.79 Å². The number of halogens is 4. The van der Waals surface area contributed by atoms with E-state index in [0.29, 0.717) is 5.69 Å². The van der Waals surface area contributed by atoms with Gasteiger partial charge in [0.15, 0.2) is 0 Å². The maximum absolute atomic E-state index is 12.9. The predicted octanol–water partition coefficient (Wildman–Crippen LogP) is 3.39. The van der Waals surface area contributed by atoms with Gasteiger partial charge in [0.05, 0.1) is 17.7 Å². The molecule has 0 aliphatic carbocycles. The predicted molar refractivity (Wildman–Crippen MR) is 66.8 cm³/mol. The van der Waals surface area contributed by atoms with Crippen LogP contribution in [0, 0.1) is 0 Å². The fourth-order valence-electron chi connectivity index (χ4n) is 1.54. The minimum Gasteiger partial charge on any atom is -0.364 e. The second-order valence-corrected chi connectivity index (χ2v) is 4.78. The second kappa shape index (κ2) is 5.66. The van der Waals surface area contributed by atoms with Crippen LogP contribution in [-0.4, -0.2) is 11.1 Å². The van der Waals surface area contributed by atoms with E-state index >= 15 is 0 Å². The minimum absolute atomic E-state index is 0.0112. The number of alkyl halides is 3. The van der Waals surface area contributed by atoms with E-state index in [1.54, 1.807) is 0 Å². The Bertz CT molecular complexity index is 612. The standard InChI is InChI=1S/C12H8BrF3N2O2/c13-7-1-2-9(10(5-7)12(14,15)16)11(19)17-6-8-3-4-20-18-8/h1-5H,6H2,(H,17,19). The number of rotatable bonds is 3. The van der Waals surface area contributed by atoms with Crippen molar-refractivity contribution in [2.24, 2.45) is 0 Å². The Hall–Kier alpha value is -1.83. The van der Waals surface area contributed by atoms with Crippen LogP contribution in [-0.2, 0) is 12.7 Å². The Labute approximate surface area is 120 Å². The fraction of sp³-hybridized carbons (Fsp3) is 0.167. The maximum atomic E-state index is 12.9. The van der Waals surface area contributed by atoms with Gasteiger partial charge < -0.3 is 9.84 Å². The molecule has 1 amide bonds. The molecule has 0 saturated carbocycles. The molecule has 0 radical (unpaired) electrons. The molecule has 2 rings (SSSR count). The van der Waals surface area contributed by atoms with Crippen molar-refractivity contribution in [3.05, 3.63) is 51.8 Å². The van der Waals surface area contributed by atoms with Crippen molar-refractivity contribution >= 4 is 21.8 Å².